The average Bonchev–Trinajstić information content (AvgIpc) is 2.29. The van der Waals surface area contributed by atoms with Gasteiger partial charge in [-0.05, 0) is 25.8 Å². The average molecular weight is 212 g/mol. The summed E-state index contributed by atoms with van der Waals surface area (Å²) in [6.07, 6.45) is 8.73. The van der Waals surface area contributed by atoms with Crippen LogP contribution in [0, 0.1) is 5.41 Å². The molecular weight excluding hydrogens is 188 g/mol. The zero-order valence-corrected chi connectivity index (χ0v) is 10.3. The van der Waals surface area contributed by atoms with Crippen molar-refractivity contribution in [3.8, 4) is 0 Å². The molecule has 0 bridgehead atoms. The highest BCUT2D eigenvalue weighted by Gasteiger charge is 2.33. The largest absolute Gasteiger partial charge is 0.348 e. The smallest absolute Gasteiger partial charge is 0.176 e. The van der Waals surface area contributed by atoms with Crippen molar-refractivity contribution in [2.24, 2.45) is 5.41 Å². The minimum Gasteiger partial charge on any atom is -0.348 e. The number of hydrogen-bond acceptors (Lipinski definition) is 2. The van der Waals surface area contributed by atoms with E-state index in [2.05, 4.69) is 13.8 Å². The second kappa shape index (κ2) is 6.29. The Labute approximate surface area is 93.7 Å². The van der Waals surface area contributed by atoms with Crippen molar-refractivity contribution in [2.45, 2.75) is 52.7 Å². The Bertz CT molecular complexity index is 191. The van der Waals surface area contributed by atoms with Gasteiger partial charge in [0.15, 0.2) is 6.29 Å². The number of hydrogen-bond donors (Lipinski definition) is 0. The molecule has 0 aromatic carbocycles. The monoisotopic (exact) mass is 212 g/mol. The molecule has 1 heterocycles. The minimum atomic E-state index is -0.115. The molecule has 0 aromatic rings. The third-order valence-electron chi connectivity index (χ3n) is 3.27. The van der Waals surface area contributed by atoms with Crippen molar-refractivity contribution in [3.63, 3.8) is 0 Å². The van der Waals surface area contributed by atoms with Crippen molar-refractivity contribution in [1.29, 1.82) is 0 Å². The predicted octanol–water partition coefficient (Wildman–Crippen LogP) is 3.52. The van der Waals surface area contributed by atoms with Gasteiger partial charge in [-0.25, -0.2) is 0 Å². The molecule has 0 spiro atoms. The molecule has 0 N–H and O–H groups in total. The molecule has 1 fully saturated rings. The number of unbranched alkanes of at least 4 members (excludes halogenated alkanes) is 1. The van der Waals surface area contributed by atoms with Crippen LogP contribution < -0.4 is 0 Å². The summed E-state index contributed by atoms with van der Waals surface area (Å²) in [6, 6.07) is 0. The lowest BCUT2D eigenvalue weighted by Gasteiger charge is -2.38. The van der Waals surface area contributed by atoms with E-state index in [-0.39, 0.29) is 11.7 Å². The molecule has 88 valence electrons. The van der Waals surface area contributed by atoms with Crippen molar-refractivity contribution >= 4 is 0 Å². The van der Waals surface area contributed by atoms with Crippen LogP contribution in [0.3, 0.4) is 0 Å². The van der Waals surface area contributed by atoms with E-state index in [9.17, 15) is 0 Å². The highest BCUT2D eigenvalue weighted by molar-refractivity contribution is 4.87. The van der Waals surface area contributed by atoms with Crippen LogP contribution >= 0.6 is 0 Å². The van der Waals surface area contributed by atoms with Gasteiger partial charge in [0.1, 0.15) is 0 Å². The van der Waals surface area contributed by atoms with Crippen molar-refractivity contribution < 1.29 is 9.47 Å². The summed E-state index contributed by atoms with van der Waals surface area (Å²) in [6.45, 7) is 8.15. The van der Waals surface area contributed by atoms with Gasteiger partial charge in [0.2, 0.25) is 0 Å². The quantitative estimate of drug-likeness (QED) is 0.649. The SMILES string of the molecule is C/C=C\C1OCC(CC)(CCCC)CO1. The molecule has 0 unspecified atom stereocenters. The molecule has 0 radical (unpaired) electrons. The highest BCUT2D eigenvalue weighted by atomic mass is 16.7. The van der Waals surface area contributed by atoms with Gasteiger partial charge in [-0.3, -0.25) is 0 Å². The molecule has 0 aromatic heterocycles. The van der Waals surface area contributed by atoms with Crippen LogP contribution in [0.4, 0.5) is 0 Å². The second-order valence-corrected chi connectivity index (χ2v) is 4.47. The molecule has 1 saturated heterocycles. The maximum absolute atomic E-state index is 5.71. The van der Waals surface area contributed by atoms with E-state index in [1.807, 2.05) is 19.1 Å². The van der Waals surface area contributed by atoms with Crippen LogP contribution in [0.1, 0.15) is 46.5 Å². The van der Waals surface area contributed by atoms with E-state index in [0.717, 1.165) is 19.6 Å². The van der Waals surface area contributed by atoms with Crippen LogP contribution in [0.25, 0.3) is 0 Å². The second-order valence-electron chi connectivity index (χ2n) is 4.47. The molecule has 1 rings (SSSR count). The number of rotatable bonds is 5. The molecule has 2 nitrogen and oxygen atoms in total. The molecule has 0 amide bonds. The van der Waals surface area contributed by atoms with E-state index in [0.29, 0.717) is 0 Å². The molecule has 1 aliphatic heterocycles. The topological polar surface area (TPSA) is 18.5 Å². The van der Waals surface area contributed by atoms with Gasteiger partial charge >= 0.3 is 0 Å². The van der Waals surface area contributed by atoms with E-state index < -0.39 is 0 Å². The summed E-state index contributed by atoms with van der Waals surface area (Å²) in [4.78, 5) is 0. The Morgan fingerprint density at radius 1 is 1.27 bits per heavy atom. The van der Waals surface area contributed by atoms with Gasteiger partial charge in [-0.15, -0.1) is 0 Å². The molecule has 0 atom stereocenters. The third-order valence-corrected chi connectivity index (χ3v) is 3.27. The van der Waals surface area contributed by atoms with Crippen molar-refractivity contribution in [1.82, 2.24) is 0 Å². The summed E-state index contributed by atoms with van der Waals surface area (Å²) < 4.78 is 11.4. The third kappa shape index (κ3) is 3.62. The zero-order valence-electron chi connectivity index (χ0n) is 10.3. The van der Waals surface area contributed by atoms with Gasteiger partial charge in [-0.2, -0.15) is 0 Å². The number of allylic oxidation sites excluding steroid dienone is 1. The van der Waals surface area contributed by atoms with Crippen LogP contribution in [0.2, 0.25) is 0 Å². The molecule has 0 saturated carbocycles. The van der Waals surface area contributed by atoms with Gasteiger partial charge in [0.05, 0.1) is 13.2 Å². The van der Waals surface area contributed by atoms with Crippen LogP contribution in [0.5, 0.6) is 0 Å². The van der Waals surface area contributed by atoms with E-state index >= 15 is 0 Å². The molecule has 2 heteroatoms. The van der Waals surface area contributed by atoms with E-state index in [1.54, 1.807) is 0 Å². The fourth-order valence-electron chi connectivity index (χ4n) is 1.95. The van der Waals surface area contributed by atoms with Crippen LogP contribution in [-0.2, 0) is 9.47 Å². The summed E-state index contributed by atoms with van der Waals surface area (Å²) in [5, 5.41) is 0. The lowest BCUT2D eigenvalue weighted by atomic mass is 9.81. The fourth-order valence-corrected chi connectivity index (χ4v) is 1.95. The first-order valence-electron chi connectivity index (χ1n) is 6.12. The van der Waals surface area contributed by atoms with Gasteiger partial charge in [0, 0.05) is 5.41 Å². The summed E-state index contributed by atoms with van der Waals surface area (Å²) in [5.41, 5.74) is 0.272. The summed E-state index contributed by atoms with van der Waals surface area (Å²) in [7, 11) is 0. The van der Waals surface area contributed by atoms with Gasteiger partial charge in [0.25, 0.3) is 0 Å². The van der Waals surface area contributed by atoms with E-state index in [4.69, 9.17) is 9.47 Å². The predicted molar refractivity (Wildman–Crippen MR) is 62.8 cm³/mol. The zero-order chi connectivity index (χ0) is 11.1. The van der Waals surface area contributed by atoms with Crippen molar-refractivity contribution in [3.05, 3.63) is 12.2 Å². The Balaban J connectivity index is 2.43. The molecule has 1 aliphatic rings. The minimum absolute atomic E-state index is 0.115. The fraction of sp³-hybridized carbons (Fsp3) is 0.846. The van der Waals surface area contributed by atoms with Crippen LogP contribution in [-0.4, -0.2) is 19.5 Å². The maximum Gasteiger partial charge on any atom is 0.176 e. The van der Waals surface area contributed by atoms with Gasteiger partial charge < -0.3 is 9.47 Å². The van der Waals surface area contributed by atoms with Gasteiger partial charge in [-0.1, -0.05) is 32.8 Å². The Kier molecular flexibility index (Phi) is 5.34. The lowest BCUT2D eigenvalue weighted by Crippen LogP contribution is -2.40. The normalized spacial score (nSPS) is 32.3. The first kappa shape index (κ1) is 12.7. The Hall–Kier alpha value is -0.340. The van der Waals surface area contributed by atoms with Crippen LogP contribution in [0.15, 0.2) is 12.2 Å². The first-order valence-corrected chi connectivity index (χ1v) is 6.12. The number of ether oxygens (including phenoxy) is 2. The lowest BCUT2D eigenvalue weighted by molar-refractivity contribution is -0.209. The maximum atomic E-state index is 5.71. The first-order chi connectivity index (χ1) is 7.26. The molecular formula is C13H24O2. The van der Waals surface area contributed by atoms with Crippen molar-refractivity contribution in [2.75, 3.05) is 13.2 Å². The standard InChI is InChI=1S/C13H24O2/c1-4-7-9-13(6-3)10-14-12(8-5-2)15-11-13/h5,8,12H,4,6-7,9-11H2,1-3H3/b8-5-. The Morgan fingerprint density at radius 3 is 2.40 bits per heavy atom. The molecule has 15 heavy (non-hydrogen) atoms. The molecule has 0 aliphatic carbocycles. The summed E-state index contributed by atoms with van der Waals surface area (Å²) in [5.74, 6) is 0. The van der Waals surface area contributed by atoms with E-state index in [1.165, 1.54) is 19.3 Å². The highest BCUT2D eigenvalue weighted by Crippen LogP contribution is 2.33. The Morgan fingerprint density at radius 2 is 1.93 bits per heavy atom. The summed E-state index contributed by atoms with van der Waals surface area (Å²) >= 11 is 0.